The quantitative estimate of drug-likeness (QED) is 0.583. The van der Waals surface area contributed by atoms with E-state index in [1.54, 1.807) is 13.2 Å². The first-order chi connectivity index (χ1) is 8.29. The Morgan fingerprint density at radius 1 is 1.24 bits per heavy atom. The molecule has 2 nitrogen and oxygen atoms in total. The Hall–Kier alpha value is -1.57. The lowest BCUT2D eigenvalue weighted by atomic mass is 9.93. The number of carbonyl (C=O) groups excluding carboxylic acids is 1. The van der Waals surface area contributed by atoms with Gasteiger partial charge in [-0.15, -0.1) is 0 Å². The second-order valence-electron chi connectivity index (χ2n) is 4.46. The molecule has 1 aromatic rings. The Bertz CT molecular complexity index is 424. The Balaban J connectivity index is 2.13. The smallest absolute Gasteiger partial charge is 0.185 e. The summed E-state index contributed by atoms with van der Waals surface area (Å²) in [5.74, 6) is 0.832. The number of hydrogen-bond acceptors (Lipinski definition) is 2. The number of hydrogen-bond donors (Lipinski definition) is 0. The first-order valence-corrected chi connectivity index (χ1v) is 6.17. The van der Waals surface area contributed by atoms with E-state index in [1.807, 2.05) is 24.3 Å². The molecule has 0 spiro atoms. The van der Waals surface area contributed by atoms with Gasteiger partial charge in [0.15, 0.2) is 5.78 Å². The average Bonchev–Trinajstić information content (AvgIpc) is 2.40. The fraction of sp³-hybridized carbons (Fsp3) is 0.400. The summed E-state index contributed by atoms with van der Waals surface area (Å²) in [4.78, 5) is 12.0. The molecule has 0 amide bonds. The highest BCUT2D eigenvalue weighted by atomic mass is 16.5. The van der Waals surface area contributed by atoms with Gasteiger partial charge in [0.2, 0.25) is 0 Å². The first kappa shape index (κ1) is 11.9. The molecule has 2 rings (SSSR count). The second kappa shape index (κ2) is 5.67. The van der Waals surface area contributed by atoms with Gasteiger partial charge in [0.05, 0.1) is 7.11 Å². The molecular weight excluding hydrogens is 212 g/mol. The van der Waals surface area contributed by atoms with Gasteiger partial charge in [0.1, 0.15) is 5.75 Å². The third-order valence-electron chi connectivity index (χ3n) is 3.19. The lowest BCUT2D eigenvalue weighted by molar-refractivity contribution is 0.104. The topological polar surface area (TPSA) is 26.3 Å². The molecule has 1 fully saturated rings. The number of benzene rings is 1. The van der Waals surface area contributed by atoms with Crippen LogP contribution >= 0.6 is 0 Å². The predicted molar refractivity (Wildman–Crippen MR) is 68.5 cm³/mol. The van der Waals surface area contributed by atoms with Crippen molar-refractivity contribution in [3.8, 4) is 5.75 Å². The van der Waals surface area contributed by atoms with Crippen LogP contribution in [0.15, 0.2) is 35.9 Å². The average molecular weight is 230 g/mol. The van der Waals surface area contributed by atoms with Crippen molar-refractivity contribution in [2.45, 2.75) is 32.1 Å². The van der Waals surface area contributed by atoms with Crippen LogP contribution in [0.5, 0.6) is 5.75 Å². The molecule has 0 aromatic heterocycles. The Labute approximate surface area is 102 Å². The normalized spacial score (nSPS) is 15.5. The van der Waals surface area contributed by atoms with Gasteiger partial charge < -0.3 is 4.74 Å². The third-order valence-corrected chi connectivity index (χ3v) is 3.19. The van der Waals surface area contributed by atoms with Crippen molar-refractivity contribution in [1.82, 2.24) is 0 Å². The van der Waals surface area contributed by atoms with E-state index in [4.69, 9.17) is 4.74 Å². The largest absolute Gasteiger partial charge is 0.497 e. The van der Waals surface area contributed by atoms with Crippen LogP contribution in [0.4, 0.5) is 0 Å². The molecule has 0 N–H and O–H groups in total. The summed E-state index contributed by atoms with van der Waals surface area (Å²) in [6.07, 6.45) is 7.71. The molecule has 90 valence electrons. The summed E-state index contributed by atoms with van der Waals surface area (Å²) in [7, 11) is 1.61. The number of ether oxygens (including phenoxy) is 1. The Morgan fingerprint density at radius 3 is 2.71 bits per heavy atom. The zero-order valence-electron chi connectivity index (χ0n) is 10.2. The van der Waals surface area contributed by atoms with Gasteiger partial charge in [0, 0.05) is 5.56 Å². The van der Waals surface area contributed by atoms with E-state index >= 15 is 0 Å². The third kappa shape index (κ3) is 3.19. The lowest BCUT2D eigenvalue weighted by Gasteiger charge is -2.12. The molecule has 1 aliphatic carbocycles. The molecule has 2 heteroatoms. The van der Waals surface area contributed by atoms with Crippen LogP contribution in [-0.4, -0.2) is 12.9 Å². The van der Waals surface area contributed by atoms with Crippen LogP contribution in [0.2, 0.25) is 0 Å². The van der Waals surface area contributed by atoms with Gasteiger partial charge in [-0.3, -0.25) is 4.79 Å². The SMILES string of the molecule is COc1cccc(C(=O)C=C2CCCCC2)c1. The van der Waals surface area contributed by atoms with Crippen molar-refractivity contribution in [1.29, 1.82) is 0 Å². The first-order valence-electron chi connectivity index (χ1n) is 6.17. The number of methoxy groups -OCH3 is 1. The van der Waals surface area contributed by atoms with Crippen LogP contribution in [0.3, 0.4) is 0 Å². The van der Waals surface area contributed by atoms with Crippen molar-refractivity contribution in [2.24, 2.45) is 0 Å². The van der Waals surface area contributed by atoms with Gasteiger partial charge in [-0.25, -0.2) is 0 Å². The zero-order valence-corrected chi connectivity index (χ0v) is 10.2. The molecule has 0 heterocycles. The highest BCUT2D eigenvalue weighted by Crippen LogP contribution is 2.23. The van der Waals surface area contributed by atoms with Crippen LogP contribution in [0, 0.1) is 0 Å². The van der Waals surface area contributed by atoms with Crippen molar-refractivity contribution < 1.29 is 9.53 Å². The Kier molecular flexibility index (Phi) is 3.97. The zero-order chi connectivity index (χ0) is 12.1. The fourth-order valence-electron chi connectivity index (χ4n) is 2.20. The van der Waals surface area contributed by atoms with Gasteiger partial charge >= 0.3 is 0 Å². The summed E-state index contributed by atoms with van der Waals surface area (Å²) in [5, 5.41) is 0. The molecular formula is C15H18O2. The molecule has 0 aliphatic heterocycles. The fourth-order valence-corrected chi connectivity index (χ4v) is 2.20. The predicted octanol–water partition coefficient (Wildman–Crippen LogP) is 3.77. The molecule has 1 saturated carbocycles. The molecule has 0 radical (unpaired) electrons. The molecule has 0 bridgehead atoms. The van der Waals surface area contributed by atoms with E-state index in [-0.39, 0.29) is 5.78 Å². The highest BCUT2D eigenvalue weighted by molar-refractivity contribution is 6.05. The van der Waals surface area contributed by atoms with Crippen molar-refractivity contribution in [3.05, 3.63) is 41.5 Å². The molecule has 17 heavy (non-hydrogen) atoms. The molecule has 0 unspecified atom stereocenters. The van der Waals surface area contributed by atoms with Crippen LogP contribution in [-0.2, 0) is 0 Å². The standard InChI is InChI=1S/C15H18O2/c1-17-14-9-5-8-13(11-14)15(16)10-12-6-3-2-4-7-12/h5,8-11H,2-4,6-7H2,1H3. The molecule has 1 aromatic carbocycles. The number of ketones is 1. The van der Waals surface area contributed by atoms with Crippen LogP contribution < -0.4 is 4.74 Å². The number of carbonyl (C=O) groups is 1. The maximum Gasteiger partial charge on any atom is 0.185 e. The van der Waals surface area contributed by atoms with Gasteiger partial charge in [0.25, 0.3) is 0 Å². The van der Waals surface area contributed by atoms with Crippen molar-refractivity contribution in [2.75, 3.05) is 7.11 Å². The maximum atomic E-state index is 12.0. The number of allylic oxidation sites excluding steroid dienone is 2. The molecule has 0 saturated heterocycles. The summed E-state index contributed by atoms with van der Waals surface area (Å²) < 4.78 is 5.12. The molecule has 1 aliphatic rings. The van der Waals surface area contributed by atoms with E-state index in [0.717, 1.165) is 18.6 Å². The summed E-state index contributed by atoms with van der Waals surface area (Å²) in [5.41, 5.74) is 2.01. The van der Waals surface area contributed by atoms with Gasteiger partial charge in [-0.05, 0) is 43.9 Å². The van der Waals surface area contributed by atoms with E-state index < -0.39 is 0 Å². The van der Waals surface area contributed by atoms with Gasteiger partial charge in [-0.1, -0.05) is 24.1 Å². The lowest BCUT2D eigenvalue weighted by Crippen LogP contribution is -2.00. The minimum atomic E-state index is 0.0980. The summed E-state index contributed by atoms with van der Waals surface area (Å²) in [6.45, 7) is 0. The maximum absolute atomic E-state index is 12.0. The van der Waals surface area contributed by atoms with Crippen LogP contribution in [0.1, 0.15) is 42.5 Å². The summed E-state index contributed by atoms with van der Waals surface area (Å²) >= 11 is 0. The number of rotatable bonds is 3. The van der Waals surface area contributed by atoms with E-state index in [2.05, 4.69) is 0 Å². The molecule has 0 atom stereocenters. The van der Waals surface area contributed by atoms with Gasteiger partial charge in [-0.2, -0.15) is 0 Å². The minimum Gasteiger partial charge on any atom is -0.497 e. The highest BCUT2D eigenvalue weighted by Gasteiger charge is 2.09. The van der Waals surface area contributed by atoms with Crippen molar-refractivity contribution >= 4 is 5.78 Å². The van der Waals surface area contributed by atoms with E-state index in [0.29, 0.717) is 5.56 Å². The monoisotopic (exact) mass is 230 g/mol. The van der Waals surface area contributed by atoms with Crippen molar-refractivity contribution in [3.63, 3.8) is 0 Å². The minimum absolute atomic E-state index is 0.0980. The van der Waals surface area contributed by atoms with E-state index in [1.165, 1.54) is 24.8 Å². The summed E-state index contributed by atoms with van der Waals surface area (Å²) in [6, 6.07) is 7.34. The second-order valence-corrected chi connectivity index (χ2v) is 4.46. The van der Waals surface area contributed by atoms with Crippen LogP contribution in [0.25, 0.3) is 0 Å². The Morgan fingerprint density at radius 2 is 2.00 bits per heavy atom. The van der Waals surface area contributed by atoms with E-state index in [9.17, 15) is 4.79 Å².